The molecule has 1 radical (unpaired) electrons. The number of benzene rings is 2. The van der Waals surface area contributed by atoms with E-state index in [2.05, 4.69) is 41.7 Å². The van der Waals surface area contributed by atoms with E-state index in [1.165, 1.54) is 16.7 Å². The molecular formula is C19H14NO. The highest BCUT2D eigenvalue weighted by atomic mass is 16.5. The lowest BCUT2D eigenvalue weighted by atomic mass is 10.1. The van der Waals surface area contributed by atoms with E-state index in [1.807, 2.05) is 30.3 Å². The van der Waals surface area contributed by atoms with Crippen LogP contribution in [0.2, 0.25) is 0 Å². The number of allylic oxidation sites excluding steroid dienone is 2. The number of rotatable bonds is 4. The summed E-state index contributed by atoms with van der Waals surface area (Å²) in [6.07, 6.45) is 6.05. The Bertz CT molecular complexity index is 836. The normalized spacial score (nSPS) is 13.0. The van der Waals surface area contributed by atoms with Gasteiger partial charge in [-0.2, -0.15) is 0 Å². The summed E-state index contributed by atoms with van der Waals surface area (Å²) in [6.45, 7) is 0.576. The molecule has 101 valence electrons. The van der Waals surface area contributed by atoms with Crippen molar-refractivity contribution in [3.05, 3.63) is 84.4 Å². The van der Waals surface area contributed by atoms with Crippen molar-refractivity contribution >= 4 is 16.5 Å². The minimum absolute atomic E-state index is 0.576. The number of pyridine rings is 1. The summed E-state index contributed by atoms with van der Waals surface area (Å²) in [4.78, 5) is 4.31. The summed E-state index contributed by atoms with van der Waals surface area (Å²) in [5.41, 5.74) is 4.75. The summed E-state index contributed by atoms with van der Waals surface area (Å²) in [6, 6.07) is 18.4. The van der Waals surface area contributed by atoms with Crippen LogP contribution in [0.25, 0.3) is 16.5 Å². The van der Waals surface area contributed by atoms with Crippen molar-refractivity contribution in [1.82, 2.24) is 4.98 Å². The van der Waals surface area contributed by atoms with Gasteiger partial charge in [0.1, 0.15) is 12.4 Å². The first-order chi connectivity index (χ1) is 10.4. The van der Waals surface area contributed by atoms with Crippen LogP contribution in [0.3, 0.4) is 0 Å². The zero-order valence-electron chi connectivity index (χ0n) is 11.5. The number of aromatic nitrogens is 1. The van der Waals surface area contributed by atoms with E-state index >= 15 is 0 Å². The van der Waals surface area contributed by atoms with Crippen LogP contribution in [0.15, 0.2) is 66.9 Å². The van der Waals surface area contributed by atoms with Crippen LogP contribution < -0.4 is 4.74 Å². The van der Waals surface area contributed by atoms with E-state index in [9.17, 15) is 0 Å². The Balaban J connectivity index is 1.52. The summed E-state index contributed by atoms with van der Waals surface area (Å²) in [5, 5.41) is 1.10. The van der Waals surface area contributed by atoms with Crippen molar-refractivity contribution in [2.45, 2.75) is 6.61 Å². The molecule has 4 rings (SSSR count). The summed E-state index contributed by atoms with van der Waals surface area (Å²) in [7, 11) is 0. The second kappa shape index (κ2) is 5.06. The fourth-order valence-corrected chi connectivity index (χ4v) is 2.38. The van der Waals surface area contributed by atoms with Crippen molar-refractivity contribution in [3.8, 4) is 5.75 Å². The molecule has 0 bridgehead atoms. The Kier molecular flexibility index (Phi) is 2.93. The van der Waals surface area contributed by atoms with Crippen molar-refractivity contribution in [2.24, 2.45) is 0 Å². The zero-order valence-corrected chi connectivity index (χ0v) is 11.5. The van der Waals surface area contributed by atoms with Crippen LogP contribution >= 0.6 is 0 Å². The Morgan fingerprint density at radius 2 is 1.90 bits per heavy atom. The van der Waals surface area contributed by atoms with E-state index in [0.717, 1.165) is 16.7 Å². The van der Waals surface area contributed by atoms with Crippen LogP contribution in [-0.2, 0) is 6.61 Å². The summed E-state index contributed by atoms with van der Waals surface area (Å²) in [5.74, 6) is 0.873. The molecule has 0 N–H and O–H groups in total. The molecule has 0 saturated heterocycles. The Morgan fingerprint density at radius 1 is 0.952 bits per heavy atom. The molecule has 0 saturated carbocycles. The topological polar surface area (TPSA) is 22.1 Å². The van der Waals surface area contributed by atoms with E-state index in [0.29, 0.717) is 6.61 Å². The van der Waals surface area contributed by atoms with Gasteiger partial charge in [-0.3, -0.25) is 4.98 Å². The average Bonchev–Trinajstić information content (AvgIpc) is 3.38. The van der Waals surface area contributed by atoms with Gasteiger partial charge in [0.25, 0.3) is 0 Å². The Labute approximate surface area is 123 Å². The highest BCUT2D eigenvalue weighted by Crippen LogP contribution is 2.30. The van der Waals surface area contributed by atoms with Gasteiger partial charge in [-0.05, 0) is 47.0 Å². The van der Waals surface area contributed by atoms with Gasteiger partial charge in [0.05, 0.1) is 5.52 Å². The van der Waals surface area contributed by atoms with Crippen molar-refractivity contribution < 1.29 is 4.74 Å². The highest BCUT2D eigenvalue weighted by Gasteiger charge is 2.10. The third-order valence-corrected chi connectivity index (χ3v) is 3.57. The molecule has 2 heteroatoms. The molecule has 0 aliphatic heterocycles. The van der Waals surface area contributed by atoms with Crippen molar-refractivity contribution in [1.29, 1.82) is 0 Å². The molecule has 0 spiro atoms. The van der Waals surface area contributed by atoms with E-state index in [1.54, 1.807) is 6.20 Å². The molecule has 0 fully saturated rings. The number of ether oxygens (including phenoxy) is 1. The fraction of sp³-hybridized carbons (Fsp3) is 0.0526. The van der Waals surface area contributed by atoms with Gasteiger partial charge < -0.3 is 4.74 Å². The van der Waals surface area contributed by atoms with Crippen LogP contribution in [0, 0.1) is 6.42 Å². The fourth-order valence-electron chi connectivity index (χ4n) is 2.38. The minimum Gasteiger partial charge on any atom is -0.489 e. The molecule has 0 atom stereocenters. The predicted octanol–water partition coefficient (Wildman–Crippen LogP) is 4.42. The third kappa shape index (κ3) is 2.65. The predicted molar refractivity (Wildman–Crippen MR) is 84.8 cm³/mol. The van der Waals surface area contributed by atoms with Crippen LogP contribution in [0.4, 0.5) is 0 Å². The van der Waals surface area contributed by atoms with Crippen LogP contribution in [0.1, 0.15) is 11.1 Å². The SMILES string of the molecule is [CH]1C=C1c1cccc(COc2ccc3ncccc3c2)c1. The Morgan fingerprint density at radius 3 is 2.81 bits per heavy atom. The van der Waals surface area contributed by atoms with Gasteiger partial charge >= 0.3 is 0 Å². The molecular weight excluding hydrogens is 258 g/mol. The van der Waals surface area contributed by atoms with Crippen LogP contribution in [0.5, 0.6) is 5.75 Å². The molecule has 1 heterocycles. The number of fused-ring (bicyclic) bond motifs is 1. The Hall–Kier alpha value is -2.61. The number of nitrogens with zero attached hydrogens (tertiary/aromatic N) is 1. The maximum atomic E-state index is 5.90. The lowest BCUT2D eigenvalue weighted by molar-refractivity contribution is 0.306. The molecule has 1 aliphatic carbocycles. The van der Waals surface area contributed by atoms with Gasteiger partial charge in [0, 0.05) is 18.0 Å². The lowest BCUT2D eigenvalue weighted by Crippen LogP contribution is -1.96. The molecule has 0 unspecified atom stereocenters. The first-order valence-electron chi connectivity index (χ1n) is 7.00. The van der Waals surface area contributed by atoms with Gasteiger partial charge in [-0.1, -0.05) is 30.3 Å². The maximum Gasteiger partial charge on any atom is 0.120 e. The molecule has 1 aromatic heterocycles. The van der Waals surface area contributed by atoms with E-state index < -0.39 is 0 Å². The number of hydrogen-bond acceptors (Lipinski definition) is 2. The van der Waals surface area contributed by atoms with Gasteiger partial charge in [0.2, 0.25) is 0 Å². The summed E-state index contributed by atoms with van der Waals surface area (Å²) < 4.78 is 5.90. The van der Waals surface area contributed by atoms with Crippen molar-refractivity contribution in [3.63, 3.8) is 0 Å². The molecule has 0 amide bonds. The largest absolute Gasteiger partial charge is 0.489 e. The lowest BCUT2D eigenvalue weighted by Gasteiger charge is -2.08. The standard InChI is InChI=1S/C19H14NO/c1-3-14(11-16(4-1)15-6-7-15)13-21-18-8-9-19-17(12-18)5-2-10-20-19/h1-12H,13H2. The maximum absolute atomic E-state index is 5.90. The zero-order chi connectivity index (χ0) is 14.1. The molecule has 21 heavy (non-hydrogen) atoms. The van der Waals surface area contributed by atoms with E-state index in [-0.39, 0.29) is 0 Å². The molecule has 2 aromatic carbocycles. The highest BCUT2D eigenvalue weighted by molar-refractivity contribution is 5.87. The number of hydrogen-bond donors (Lipinski definition) is 0. The molecule has 1 aliphatic rings. The quantitative estimate of drug-likeness (QED) is 0.701. The van der Waals surface area contributed by atoms with Crippen LogP contribution in [-0.4, -0.2) is 4.98 Å². The third-order valence-electron chi connectivity index (χ3n) is 3.57. The summed E-state index contributed by atoms with van der Waals surface area (Å²) >= 11 is 0. The van der Waals surface area contributed by atoms with Gasteiger partial charge in [-0.25, -0.2) is 0 Å². The minimum atomic E-state index is 0.576. The first kappa shape index (κ1) is 12.2. The average molecular weight is 272 g/mol. The second-order valence-corrected chi connectivity index (χ2v) is 5.14. The molecule has 3 aromatic rings. The van der Waals surface area contributed by atoms with E-state index in [4.69, 9.17) is 4.74 Å². The monoisotopic (exact) mass is 272 g/mol. The smallest absolute Gasteiger partial charge is 0.120 e. The van der Waals surface area contributed by atoms with Crippen molar-refractivity contribution in [2.75, 3.05) is 0 Å². The molecule has 2 nitrogen and oxygen atoms in total. The first-order valence-corrected chi connectivity index (χ1v) is 7.00. The van der Waals surface area contributed by atoms with Gasteiger partial charge in [0.15, 0.2) is 0 Å². The van der Waals surface area contributed by atoms with Gasteiger partial charge in [-0.15, -0.1) is 0 Å². The second-order valence-electron chi connectivity index (χ2n) is 5.14.